The topological polar surface area (TPSA) is 106 Å². The van der Waals surface area contributed by atoms with Gasteiger partial charge in [0, 0.05) is 11.4 Å². The second-order valence-electron chi connectivity index (χ2n) is 6.31. The number of thiophene rings is 1. The Bertz CT molecular complexity index is 1030. The minimum atomic E-state index is -3.20. The van der Waals surface area contributed by atoms with Gasteiger partial charge in [-0.2, -0.15) is 5.10 Å². The van der Waals surface area contributed by atoms with E-state index >= 15 is 0 Å². The van der Waals surface area contributed by atoms with E-state index in [0.717, 1.165) is 22.4 Å². The first-order valence-electron chi connectivity index (χ1n) is 8.61. The van der Waals surface area contributed by atoms with Crippen molar-refractivity contribution < 1.29 is 13.2 Å². The van der Waals surface area contributed by atoms with Crippen LogP contribution in [-0.4, -0.2) is 41.9 Å². The normalized spacial score (nSPS) is 12.6. The minimum Gasteiger partial charge on any atom is -0.345 e. The van der Waals surface area contributed by atoms with Crippen LogP contribution in [0.5, 0.6) is 0 Å². The number of carbonyl (C=O) groups excluding carboxylic acids is 1. The summed E-state index contributed by atoms with van der Waals surface area (Å²) in [5.74, 6) is -0.153. The third-order valence-corrected chi connectivity index (χ3v) is 5.92. The number of benzene rings is 1. The van der Waals surface area contributed by atoms with E-state index in [-0.39, 0.29) is 11.9 Å². The van der Waals surface area contributed by atoms with Gasteiger partial charge in [-0.1, -0.05) is 12.1 Å². The predicted octanol–water partition coefficient (Wildman–Crippen LogP) is 1.91. The molecule has 8 nitrogen and oxygen atoms in total. The van der Waals surface area contributed by atoms with Crippen molar-refractivity contribution in [3.05, 3.63) is 64.4 Å². The Labute approximate surface area is 167 Å². The molecule has 1 atom stereocenters. The molecular weight excluding hydrogens is 398 g/mol. The molecular formula is C18H21N5O3S2. The lowest BCUT2D eigenvalue weighted by atomic mass is 10.1. The molecule has 148 valence electrons. The Morgan fingerprint density at radius 1 is 1.21 bits per heavy atom. The van der Waals surface area contributed by atoms with Crippen LogP contribution in [0.4, 0.5) is 0 Å². The number of rotatable bonds is 8. The molecule has 0 aliphatic rings. The van der Waals surface area contributed by atoms with Gasteiger partial charge in [-0.25, -0.2) is 22.8 Å². The highest BCUT2D eigenvalue weighted by Crippen LogP contribution is 2.20. The fourth-order valence-electron chi connectivity index (χ4n) is 2.60. The van der Waals surface area contributed by atoms with Gasteiger partial charge in [-0.15, -0.1) is 11.3 Å². The SMILES string of the molecule is C[C@H](NC(=O)c1ccc(CCNS(C)(=O)=O)s1)c1ccc(-n2cncn2)cc1. The van der Waals surface area contributed by atoms with Crippen molar-refractivity contribution in [2.24, 2.45) is 0 Å². The van der Waals surface area contributed by atoms with Crippen LogP contribution >= 0.6 is 11.3 Å². The summed E-state index contributed by atoms with van der Waals surface area (Å²) in [6, 6.07) is 11.2. The summed E-state index contributed by atoms with van der Waals surface area (Å²) in [4.78, 5) is 18.0. The molecule has 1 aromatic carbocycles. The number of nitrogens with one attached hydrogen (secondary N) is 2. The molecule has 0 fully saturated rings. The molecule has 0 unspecified atom stereocenters. The first kappa shape index (κ1) is 20.2. The number of hydrogen-bond acceptors (Lipinski definition) is 6. The van der Waals surface area contributed by atoms with Gasteiger partial charge in [0.1, 0.15) is 12.7 Å². The number of hydrogen-bond donors (Lipinski definition) is 2. The van der Waals surface area contributed by atoms with Crippen molar-refractivity contribution in [1.29, 1.82) is 0 Å². The molecule has 2 aromatic heterocycles. The Hall–Kier alpha value is -2.56. The van der Waals surface area contributed by atoms with E-state index < -0.39 is 10.0 Å². The average molecular weight is 420 g/mol. The van der Waals surface area contributed by atoms with Crippen LogP contribution in [0, 0.1) is 0 Å². The van der Waals surface area contributed by atoms with Crippen LogP contribution in [0.15, 0.2) is 49.1 Å². The molecule has 0 radical (unpaired) electrons. The number of sulfonamides is 1. The van der Waals surface area contributed by atoms with Gasteiger partial charge in [0.05, 0.1) is 22.9 Å². The molecule has 3 aromatic rings. The standard InChI is InChI=1S/C18H21N5O3S2/c1-13(14-3-5-15(6-4-14)23-12-19-11-20-23)22-18(24)17-8-7-16(27-17)9-10-21-28(2,25)26/h3-8,11-13,21H,9-10H2,1-2H3,(H,22,24)/t13-/m0/s1. The summed E-state index contributed by atoms with van der Waals surface area (Å²) in [5, 5.41) is 7.07. The Balaban J connectivity index is 1.57. The van der Waals surface area contributed by atoms with Gasteiger partial charge in [0.15, 0.2) is 0 Å². The number of nitrogens with zero attached hydrogens (tertiary/aromatic N) is 3. The van der Waals surface area contributed by atoms with Crippen molar-refractivity contribution in [2.45, 2.75) is 19.4 Å². The van der Waals surface area contributed by atoms with Crippen LogP contribution in [0.2, 0.25) is 0 Å². The second kappa shape index (κ2) is 8.63. The lowest BCUT2D eigenvalue weighted by Gasteiger charge is -2.14. The van der Waals surface area contributed by atoms with E-state index in [4.69, 9.17) is 0 Å². The van der Waals surface area contributed by atoms with Gasteiger partial charge < -0.3 is 5.32 Å². The molecule has 0 saturated heterocycles. The molecule has 1 amide bonds. The number of carbonyl (C=O) groups is 1. The van der Waals surface area contributed by atoms with Gasteiger partial charge in [-0.05, 0) is 43.2 Å². The lowest BCUT2D eigenvalue weighted by molar-refractivity contribution is 0.0944. The zero-order chi connectivity index (χ0) is 20.1. The zero-order valence-electron chi connectivity index (χ0n) is 15.5. The fraction of sp³-hybridized carbons (Fsp3) is 0.278. The van der Waals surface area contributed by atoms with Gasteiger partial charge in [-0.3, -0.25) is 4.79 Å². The van der Waals surface area contributed by atoms with Crippen LogP contribution in [-0.2, 0) is 16.4 Å². The zero-order valence-corrected chi connectivity index (χ0v) is 17.1. The van der Waals surface area contributed by atoms with Crippen molar-refractivity contribution >= 4 is 27.3 Å². The maximum absolute atomic E-state index is 12.5. The molecule has 0 spiro atoms. The Kier molecular flexibility index (Phi) is 6.22. The van der Waals surface area contributed by atoms with Gasteiger partial charge >= 0.3 is 0 Å². The summed E-state index contributed by atoms with van der Waals surface area (Å²) in [6.45, 7) is 2.24. The Morgan fingerprint density at radius 2 is 1.96 bits per heavy atom. The van der Waals surface area contributed by atoms with Crippen molar-refractivity contribution in [3.8, 4) is 5.69 Å². The summed E-state index contributed by atoms with van der Waals surface area (Å²) in [7, 11) is -3.20. The first-order valence-corrected chi connectivity index (χ1v) is 11.3. The second-order valence-corrected chi connectivity index (χ2v) is 9.31. The van der Waals surface area contributed by atoms with E-state index in [1.54, 1.807) is 17.1 Å². The predicted molar refractivity (Wildman–Crippen MR) is 108 cm³/mol. The smallest absolute Gasteiger partial charge is 0.261 e. The van der Waals surface area contributed by atoms with E-state index in [1.165, 1.54) is 17.7 Å². The van der Waals surface area contributed by atoms with Crippen molar-refractivity contribution in [1.82, 2.24) is 24.8 Å². The summed E-state index contributed by atoms with van der Waals surface area (Å²) in [6.07, 6.45) is 4.77. The highest BCUT2D eigenvalue weighted by atomic mass is 32.2. The maximum Gasteiger partial charge on any atom is 0.261 e. The molecule has 2 N–H and O–H groups in total. The number of amides is 1. The maximum atomic E-state index is 12.5. The quantitative estimate of drug-likeness (QED) is 0.580. The molecule has 3 rings (SSSR count). The molecule has 0 bridgehead atoms. The van der Waals surface area contributed by atoms with E-state index in [0.29, 0.717) is 17.8 Å². The Morgan fingerprint density at radius 3 is 2.61 bits per heavy atom. The van der Waals surface area contributed by atoms with Gasteiger partial charge in [0.25, 0.3) is 5.91 Å². The van der Waals surface area contributed by atoms with Crippen LogP contribution in [0.1, 0.15) is 33.1 Å². The summed E-state index contributed by atoms with van der Waals surface area (Å²) in [5.41, 5.74) is 1.87. The summed E-state index contributed by atoms with van der Waals surface area (Å²) >= 11 is 1.36. The minimum absolute atomic E-state index is 0.153. The average Bonchev–Trinajstić information content (AvgIpc) is 3.33. The van der Waals surface area contributed by atoms with Gasteiger partial charge in [0.2, 0.25) is 10.0 Å². The summed E-state index contributed by atoms with van der Waals surface area (Å²) < 4.78 is 26.3. The molecule has 0 aliphatic heterocycles. The third kappa shape index (κ3) is 5.47. The number of aromatic nitrogens is 3. The first-order chi connectivity index (χ1) is 13.3. The van der Waals surface area contributed by atoms with E-state index in [2.05, 4.69) is 20.1 Å². The third-order valence-electron chi connectivity index (χ3n) is 4.05. The molecule has 0 saturated carbocycles. The van der Waals surface area contributed by atoms with Crippen molar-refractivity contribution in [3.63, 3.8) is 0 Å². The van der Waals surface area contributed by atoms with Crippen LogP contribution in [0.25, 0.3) is 5.69 Å². The van der Waals surface area contributed by atoms with E-state index in [1.807, 2.05) is 37.3 Å². The molecule has 10 heteroatoms. The molecule has 28 heavy (non-hydrogen) atoms. The largest absolute Gasteiger partial charge is 0.345 e. The lowest BCUT2D eigenvalue weighted by Crippen LogP contribution is -2.25. The monoisotopic (exact) mass is 419 g/mol. The molecule has 0 aliphatic carbocycles. The van der Waals surface area contributed by atoms with Crippen LogP contribution in [0.3, 0.4) is 0 Å². The highest BCUT2D eigenvalue weighted by molar-refractivity contribution is 7.88. The van der Waals surface area contributed by atoms with Crippen LogP contribution < -0.4 is 10.0 Å². The molecule has 2 heterocycles. The fourth-order valence-corrected chi connectivity index (χ4v) is 3.99. The highest BCUT2D eigenvalue weighted by Gasteiger charge is 2.14. The van der Waals surface area contributed by atoms with E-state index in [9.17, 15) is 13.2 Å². The van der Waals surface area contributed by atoms with Crippen molar-refractivity contribution in [2.75, 3.05) is 12.8 Å².